The van der Waals surface area contributed by atoms with Crippen molar-refractivity contribution < 1.29 is 18.7 Å². The number of nitrogens with zero attached hydrogens (tertiary/aromatic N) is 1. The molecule has 1 saturated heterocycles. The van der Waals surface area contributed by atoms with Crippen LogP contribution >= 0.6 is 0 Å². The van der Waals surface area contributed by atoms with Crippen LogP contribution in [0.15, 0.2) is 18.2 Å². The minimum absolute atomic E-state index is 0.0363. The summed E-state index contributed by atoms with van der Waals surface area (Å²) < 4.78 is 20.3. The first kappa shape index (κ1) is 21.9. The third-order valence-corrected chi connectivity index (χ3v) is 4.65. The number of anilines is 1. The highest BCUT2D eigenvalue weighted by atomic mass is 19.1. The fourth-order valence-corrected chi connectivity index (χ4v) is 3.37. The van der Waals surface area contributed by atoms with E-state index in [-0.39, 0.29) is 24.6 Å². The topological polar surface area (TPSA) is 96.7 Å². The van der Waals surface area contributed by atoms with Gasteiger partial charge in [-0.05, 0) is 37.0 Å². The highest BCUT2D eigenvalue weighted by Gasteiger charge is 2.31. The van der Waals surface area contributed by atoms with E-state index in [2.05, 4.69) is 10.6 Å². The van der Waals surface area contributed by atoms with Gasteiger partial charge < -0.3 is 26.0 Å². The number of nitrogens with one attached hydrogen (secondary N) is 2. The summed E-state index contributed by atoms with van der Waals surface area (Å²) in [5.41, 5.74) is 6.00. The van der Waals surface area contributed by atoms with Crippen molar-refractivity contribution in [2.45, 2.75) is 59.4 Å². The molecule has 156 valence electrons. The lowest BCUT2D eigenvalue weighted by atomic mass is 9.86. The van der Waals surface area contributed by atoms with Crippen molar-refractivity contribution in [1.29, 1.82) is 0 Å². The average Bonchev–Trinajstić information content (AvgIpc) is 2.55. The zero-order valence-electron chi connectivity index (χ0n) is 17.2. The molecule has 2 rings (SSSR count). The Kier molecular flexibility index (Phi) is 6.87. The number of amides is 3. The Morgan fingerprint density at radius 2 is 1.89 bits per heavy atom. The minimum Gasteiger partial charge on any atom is -0.372 e. The molecule has 0 radical (unpaired) electrons. The first-order valence-corrected chi connectivity index (χ1v) is 9.50. The number of nitrogens with two attached hydrogens (primary N) is 1. The maximum atomic E-state index is 14.6. The molecule has 1 aromatic carbocycles. The molecule has 0 bridgehead atoms. The van der Waals surface area contributed by atoms with Gasteiger partial charge in [0.1, 0.15) is 11.9 Å². The lowest BCUT2D eigenvalue weighted by Crippen LogP contribution is -2.54. The first-order chi connectivity index (χ1) is 13.0. The van der Waals surface area contributed by atoms with E-state index >= 15 is 0 Å². The molecule has 0 saturated carbocycles. The SMILES string of the molecule is CC1CN(c2ccc(CNC(=O)N[C@H](C(N)=O)C(C)(C)C)cc2F)CC(C)O1. The van der Waals surface area contributed by atoms with Gasteiger partial charge in [-0.2, -0.15) is 0 Å². The lowest BCUT2D eigenvalue weighted by Gasteiger charge is -2.37. The van der Waals surface area contributed by atoms with Crippen LogP contribution in [0.5, 0.6) is 0 Å². The van der Waals surface area contributed by atoms with Crippen LogP contribution in [0.4, 0.5) is 14.9 Å². The van der Waals surface area contributed by atoms with Crippen LogP contribution in [-0.4, -0.2) is 43.3 Å². The molecule has 7 nitrogen and oxygen atoms in total. The zero-order chi connectivity index (χ0) is 21.1. The van der Waals surface area contributed by atoms with Crippen LogP contribution in [0.25, 0.3) is 0 Å². The van der Waals surface area contributed by atoms with Gasteiger partial charge in [0.2, 0.25) is 5.91 Å². The summed E-state index contributed by atoms with van der Waals surface area (Å²) in [6.07, 6.45) is 0.0726. The number of primary amides is 1. The molecule has 2 unspecified atom stereocenters. The summed E-state index contributed by atoms with van der Waals surface area (Å²) in [7, 11) is 0. The van der Waals surface area contributed by atoms with E-state index in [1.807, 2.05) is 39.5 Å². The second-order valence-electron chi connectivity index (χ2n) is 8.48. The molecule has 1 aliphatic heterocycles. The molecule has 1 heterocycles. The molecule has 8 heteroatoms. The average molecular weight is 394 g/mol. The first-order valence-electron chi connectivity index (χ1n) is 9.50. The lowest BCUT2D eigenvalue weighted by molar-refractivity contribution is -0.122. The van der Waals surface area contributed by atoms with Crippen LogP contribution in [0, 0.1) is 11.2 Å². The number of urea groups is 1. The van der Waals surface area contributed by atoms with Crippen molar-refractivity contribution in [3.63, 3.8) is 0 Å². The van der Waals surface area contributed by atoms with Gasteiger partial charge in [-0.15, -0.1) is 0 Å². The van der Waals surface area contributed by atoms with Crippen molar-refractivity contribution in [3.8, 4) is 0 Å². The highest BCUT2D eigenvalue weighted by Crippen LogP contribution is 2.24. The molecule has 1 aliphatic rings. The molecular formula is C20H31FN4O3. The molecule has 1 fully saturated rings. The van der Waals surface area contributed by atoms with Crippen molar-refractivity contribution in [3.05, 3.63) is 29.6 Å². The second-order valence-corrected chi connectivity index (χ2v) is 8.48. The zero-order valence-corrected chi connectivity index (χ0v) is 17.2. The molecule has 0 aliphatic carbocycles. The van der Waals surface area contributed by atoms with Crippen LogP contribution in [-0.2, 0) is 16.1 Å². The van der Waals surface area contributed by atoms with Crippen molar-refractivity contribution >= 4 is 17.6 Å². The van der Waals surface area contributed by atoms with Gasteiger partial charge in [0.25, 0.3) is 0 Å². The van der Waals surface area contributed by atoms with Gasteiger partial charge in [-0.25, -0.2) is 9.18 Å². The molecule has 3 atom stereocenters. The number of rotatable bonds is 5. The second kappa shape index (κ2) is 8.77. The monoisotopic (exact) mass is 394 g/mol. The van der Waals surface area contributed by atoms with E-state index in [0.717, 1.165) is 0 Å². The number of hydrogen-bond donors (Lipinski definition) is 3. The fraction of sp³-hybridized carbons (Fsp3) is 0.600. The summed E-state index contributed by atoms with van der Waals surface area (Å²) in [5.74, 6) is -0.947. The quantitative estimate of drug-likeness (QED) is 0.713. The minimum atomic E-state index is -0.808. The third kappa shape index (κ3) is 5.82. The molecule has 28 heavy (non-hydrogen) atoms. The van der Waals surface area contributed by atoms with Gasteiger partial charge in [-0.1, -0.05) is 26.8 Å². The Bertz CT molecular complexity index is 710. The summed E-state index contributed by atoms with van der Waals surface area (Å²) in [6.45, 7) is 10.8. The van der Waals surface area contributed by atoms with Crippen LogP contribution < -0.4 is 21.3 Å². The van der Waals surface area contributed by atoms with Gasteiger partial charge in [-0.3, -0.25) is 4.79 Å². The number of halogens is 1. The van der Waals surface area contributed by atoms with E-state index in [1.54, 1.807) is 12.1 Å². The predicted molar refractivity (Wildman–Crippen MR) is 106 cm³/mol. The van der Waals surface area contributed by atoms with Crippen LogP contribution in [0.2, 0.25) is 0 Å². The molecule has 3 amide bonds. The maximum absolute atomic E-state index is 14.6. The van der Waals surface area contributed by atoms with E-state index in [9.17, 15) is 14.0 Å². The molecule has 1 aromatic rings. The number of ether oxygens (including phenoxy) is 1. The number of benzene rings is 1. The Balaban J connectivity index is 1.97. The number of morpholine rings is 1. The largest absolute Gasteiger partial charge is 0.372 e. The van der Waals surface area contributed by atoms with Gasteiger partial charge in [0.15, 0.2) is 0 Å². The standard InChI is InChI=1S/C20H31FN4O3/c1-12-10-25(11-13(2)28-12)16-7-6-14(8-15(16)21)9-23-19(27)24-17(18(22)26)20(3,4)5/h6-8,12-13,17H,9-11H2,1-5H3,(H2,22,26)(H2,23,24,27)/t12?,13?,17-/m1/s1. The Morgan fingerprint density at radius 1 is 1.29 bits per heavy atom. The van der Waals surface area contributed by atoms with E-state index in [0.29, 0.717) is 24.3 Å². The van der Waals surface area contributed by atoms with Gasteiger partial charge >= 0.3 is 6.03 Å². The van der Waals surface area contributed by atoms with Crippen molar-refractivity contribution in [2.24, 2.45) is 11.1 Å². The summed E-state index contributed by atoms with van der Waals surface area (Å²) >= 11 is 0. The van der Waals surface area contributed by atoms with Crippen LogP contribution in [0.1, 0.15) is 40.2 Å². The number of carbonyl (C=O) groups excluding carboxylic acids is 2. The number of hydrogen-bond acceptors (Lipinski definition) is 4. The molecule has 0 spiro atoms. The van der Waals surface area contributed by atoms with Gasteiger partial charge in [0, 0.05) is 19.6 Å². The van der Waals surface area contributed by atoms with Crippen LogP contribution in [0.3, 0.4) is 0 Å². The summed E-state index contributed by atoms with van der Waals surface area (Å²) in [4.78, 5) is 25.6. The fourth-order valence-electron chi connectivity index (χ4n) is 3.37. The molecule has 0 aromatic heterocycles. The predicted octanol–water partition coefficient (Wildman–Crippen LogP) is 2.14. The normalized spacial score (nSPS) is 21.1. The Morgan fingerprint density at radius 3 is 2.39 bits per heavy atom. The Hall–Kier alpha value is -2.35. The number of carbonyl (C=O) groups is 2. The summed E-state index contributed by atoms with van der Waals surface area (Å²) in [6, 6.07) is 3.57. The molecule has 4 N–H and O–H groups in total. The summed E-state index contributed by atoms with van der Waals surface area (Å²) in [5, 5.41) is 5.21. The smallest absolute Gasteiger partial charge is 0.315 e. The van der Waals surface area contributed by atoms with Crippen molar-refractivity contribution in [1.82, 2.24) is 10.6 Å². The van der Waals surface area contributed by atoms with E-state index in [1.165, 1.54) is 6.07 Å². The van der Waals surface area contributed by atoms with Crippen molar-refractivity contribution in [2.75, 3.05) is 18.0 Å². The third-order valence-electron chi connectivity index (χ3n) is 4.65. The van der Waals surface area contributed by atoms with E-state index < -0.39 is 23.4 Å². The molecular weight excluding hydrogens is 363 g/mol. The maximum Gasteiger partial charge on any atom is 0.315 e. The Labute approximate surface area is 165 Å². The van der Waals surface area contributed by atoms with Gasteiger partial charge in [0.05, 0.1) is 17.9 Å². The van der Waals surface area contributed by atoms with E-state index in [4.69, 9.17) is 10.5 Å². The highest BCUT2D eigenvalue weighted by molar-refractivity contribution is 5.86.